The van der Waals surface area contributed by atoms with Crippen LogP contribution in [0.25, 0.3) is 0 Å². The van der Waals surface area contributed by atoms with Gasteiger partial charge in [0, 0.05) is 37.2 Å². The van der Waals surface area contributed by atoms with Crippen LogP contribution >= 0.6 is 11.8 Å². The Hall–Kier alpha value is -0.630. The summed E-state index contributed by atoms with van der Waals surface area (Å²) in [5, 5.41) is 3.32. The van der Waals surface area contributed by atoms with Gasteiger partial charge in [-0.25, -0.2) is 12.8 Å². The molecular weight excluding hydrogens is 311 g/mol. The van der Waals surface area contributed by atoms with Crippen molar-refractivity contribution in [1.29, 1.82) is 0 Å². The zero-order chi connectivity index (χ0) is 14.9. The zero-order valence-corrected chi connectivity index (χ0v) is 13.4. The van der Waals surface area contributed by atoms with E-state index in [2.05, 4.69) is 5.32 Å². The highest BCUT2D eigenvalue weighted by Gasteiger charge is 2.29. The van der Waals surface area contributed by atoms with Gasteiger partial charge >= 0.3 is 0 Å². The maximum absolute atomic E-state index is 14.0. The highest BCUT2D eigenvalue weighted by atomic mass is 32.2. The summed E-state index contributed by atoms with van der Waals surface area (Å²) in [5.74, 6) is 0.872. The zero-order valence-electron chi connectivity index (χ0n) is 11.7. The lowest BCUT2D eigenvalue weighted by Gasteiger charge is -2.26. The van der Waals surface area contributed by atoms with E-state index in [0.29, 0.717) is 25.7 Å². The largest absolute Gasteiger partial charge is 0.310 e. The van der Waals surface area contributed by atoms with Crippen LogP contribution in [0.3, 0.4) is 0 Å². The molecule has 1 heterocycles. The van der Waals surface area contributed by atoms with Gasteiger partial charge in [0.2, 0.25) is 10.0 Å². The molecule has 1 saturated heterocycles. The topological polar surface area (TPSA) is 49.4 Å². The first kappa shape index (κ1) is 15.3. The van der Waals surface area contributed by atoms with E-state index in [1.54, 1.807) is 17.8 Å². The Kier molecular flexibility index (Phi) is 4.54. The smallest absolute Gasteiger partial charge is 0.246 e. The molecule has 0 spiro atoms. The first-order valence-electron chi connectivity index (χ1n) is 7.17. The Morgan fingerprint density at radius 2 is 2.00 bits per heavy atom. The van der Waals surface area contributed by atoms with Crippen LogP contribution in [-0.2, 0) is 16.6 Å². The van der Waals surface area contributed by atoms with Crippen molar-refractivity contribution < 1.29 is 12.8 Å². The molecule has 7 heteroatoms. The van der Waals surface area contributed by atoms with Crippen molar-refractivity contribution in [3.8, 4) is 0 Å². The summed E-state index contributed by atoms with van der Waals surface area (Å²) >= 11 is 1.73. The second-order valence-corrected chi connectivity index (χ2v) is 8.57. The van der Waals surface area contributed by atoms with E-state index in [9.17, 15) is 12.8 Å². The maximum atomic E-state index is 14.0. The van der Waals surface area contributed by atoms with Gasteiger partial charge < -0.3 is 5.32 Å². The lowest BCUT2D eigenvalue weighted by molar-refractivity contribution is 0.438. The fourth-order valence-corrected chi connectivity index (χ4v) is 5.02. The van der Waals surface area contributed by atoms with Crippen molar-refractivity contribution >= 4 is 21.8 Å². The number of sulfonamides is 1. The number of benzene rings is 1. The molecule has 0 aromatic heterocycles. The Morgan fingerprint density at radius 3 is 2.67 bits per heavy atom. The van der Waals surface area contributed by atoms with Crippen molar-refractivity contribution in [3.63, 3.8) is 0 Å². The second-order valence-electron chi connectivity index (χ2n) is 5.44. The molecule has 0 amide bonds. The molecule has 1 aliphatic heterocycles. The third kappa shape index (κ3) is 3.59. The fraction of sp³-hybridized carbons (Fsp3) is 0.571. The van der Waals surface area contributed by atoms with E-state index in [1.807, 2.05) is 0 Å². The lowest BCUT2D eigenvalue weighted by Crippen LogP contribution is -2.38. The average Bonchev–Trinajstić information content (AvgIpc) is 3.31. The minimum atomic E-state index is -3.72. The van der Waals surface area contributed by atoms with Gasteiger partial charge in [0.05, 0.1) is 0 Å². The van der Waals surface area contributed by atoms with Gasteiger partial charge in [-0.3, -0.25) is 0 Å². The van der Waals surface area contributed by atoms with Crippen molar-refractivity contribution in [3.05, 3.63) is 29.6 Å². The van der Waals surface area contributed by atoms with Crippen molar-refractivity contribution in [1.82, 2.24) is 9.62 Å². The molecule has 1 saturated carbocycles. The molecule has 4 nitrogen and oxygen atoms in total. The Bertz CT molecular complexity index is 611. The normalized spacial score (nSPS) is 20.6. The Morgan fingerprint density at radius 1 is 1.29 bits per heavy atom. The number of thioether (sulfide) groups is 1. The summed E-state index contributed by atoms with van der Waals surface area (Å²) in [7, 11) is -3.72. The first-order chi connectivity index (χ1) is 10.1. The van der Waals surface area contributed by atoms with E-state index >= 15 is 0 Å². The van der Waals surface area contributed by atoms with E-state index in [4.69, 9.17) is 0 Å². The Balaban J connectivity index is 1.82. The van der Waals surface area contributed by atoms with Crippen molar-refractivity contribution in [2.75, 3.05) is 24.6 Å². The third-order valence-electron chi connectivity index (χ3n) is 3.76. The number of nitrogens with one attached hydrogen (secondary N) is 1. The minimum Gasteiger partial charge on any atom is -0.310 e. The molecule has 1 aromatic carbocycles. The lowest BCUT2D eigenvalue weighted by atomic mass is 10.2. The summed E-state index contributed by atoms with van der Waals surface area (Å²) in [6.07, 6.45) is 2.33. The van der Waals surface area contributed by atoms with Gasteiger partial charge in [-0.2, -0.15) is 16.1 Å². The van der Waals surface area contributed by atoms with Crippen LogP contribution in [0.1, 0.15) is 18.4 Å². The van der Waals surface area contributed by atoms with E-state index in [-0.39, 0.29) is 4.90 Å². The number of nitrogens with zero attached hydrogens (tertiary/aromatic N) is 1. The van der Waals surface area contributed by atoms with Crippen LogP contribution in [0.15, 0.2) is 23.1 Å². The molecule has 3 rings (SSSR count). The number of halogens is 1. The molecule has 0 bridgehead atoms. The number of rotatable bonds is 5. The molecule has 21 heavy (non-hydrogen) atoms. The predicted octanol–water partition coefficient (Wildman–Crippen LogP) is 1.82. The molecule has 1 aromatic rings. The van der Waals surface area contributed by atoms with E-state index in [0.717, 1.165) is 29.9 Å². The molecule has 2 fully saturated rings. The monoisotopic (exact) mass is 330 g/mol. The van der Waals surface area contributed by atoms with Gasteiger partial charge in [0.25, 0.3) is 0 Å². The molecule has 2 aliphatic rings. The van der Waals surface area contributed by atoms with Crippen molar-refractivity contribution in [2.24, 2.45) is 0 Å². The van der Waals surface area contributed by atoms with Crippen molar-refractivity contribution in [2.45, 2.75) is 30.3 Å². The Labute approximate surface area is 129 Å². The molecule has 0 atom stereocenters. The maximum Gasteiger partial charge on any atom is 0.246 e. The fourth-order valence-electron chi connectivity index (χ4n) is 2.33. The van der Waals surface area contributed by atoms with E-state index < -0.39 is 15.8 Å². The quantitative estimate of drug-likeness (QED) is 0.895. The van der Waals surface area contributed by atoms with E-state index in [1.165, 1.54) is 16.4 Å². The molecule has 116 valence electrons. The molecule has 1 N–H and O–H groups in total. The first-order valence-corrected chi connectivity index (χ1v) is 9.76. The van der Waals surface area contributed by atoms with Crippen LogP contribution in [0.4, 0.5) is 4.39 Å². The highest BCUT2D eigenvalue weighted by molar-refractivity contribution is 7.99. The van der Waals surface area contributed by atoms with Crippen LogP contribution < -0.4 is 5.32 Å². The van der Waals surface area contributed by atoms with Gasteiger partial charge in [-0.15, -0.1) is 0 Å². The standard InChI is InChI=1S/C14H19FN2O2S2/c15-13-4-1-11(10-16-12-2-3-12)9-14(13)21(18,19)17-5-7-20-8-6-17/h1,4,9,12,16H,2-3,5-8,10H2. The van der Waals surface area contributed by atoms with Gasteiger partial charge in [-0.05, 0) is 30.5 Å². The molecule has 1 aliphatic carbocycles. The average molecular weight is 330 g/mol. The summed E-state index contributed by atoms with van der Waals surface area (Å²) in [5.41, 5.74) is 0.813. The SMILES string of the molecule is O=S(=O)(c1cc(CNC2CC2)ccc1F)N1CCSCC1. The summed E-state index contributed by atoms with van der Waals surface area (Å²) in [6, 6.07) is 4.92. The van der Waals surface area contributed by atoms with Gasteiger partial charge in [0.15, 0.2) is 0 Å². The highest BCUT2D eigenvalue weighted by Crippen LogP contribution is 2.24. The molecule has 0 radical (unpaired) electrons. The summed E-state index contributed by atoms with van der Waals surface area (Å²) < 4.78 is 40.5. The van der Waals surface area contributed by atoms with Crippen LogP contribution in [0.2, 0.25) is 0 Å². The minimum absolute atomic E-state index is 0.190. The number of hydrogen-bond donors (Lipinski definition) is 1. The van der Waals surface area contributed by atoms with Crippen LogP contribution in [0.5, 0.6) is 0 Å². The van der Waals surface area contributed by atoms with Gasteiger partial charge in [-0.1, -0.05) is 6.07 Å². The summed E-state index contributed by atoms with van der Waals surface area (Å²) in [4.78, 5) is -0.190. The van der Waals surface area contributed by atoms with Gasteiger partial charge in [0.1, 0.15) is 10.7 Å². The number of hydrogen-bond acceptors (Lipinski definition) is 4. The third-order valence-corrected chi connectivity index (χ3v) is 6.61. The van der Waals surface area contributed by atoms with Crippen LogP contribution in [-0.4, -0.2) is 43.4 Å². The summed E-state index contributed by atoms with van der Waals surface area (Å²) in [6.45, 7) is 1.50. The second kappa shape index (κ2) is 6.24. The molecule has 0 unspecified atom stereocenters. The van der Waals surface area contributed by atoms with Crippen LogP contribution in [0, 0.1) is 5.82 Å². The molecular formula is C14H19FN2O2S2. The predicted molar refractivity (Wildman–Crippen MR) is 82.3 cm³/mol.